The fraction of sp³-hybridized carbons (Fsp3) is 0.667. The van der Waals surface area contributed by atoms with E-state index in [1.165, 1.54) is 0 Å². The quantitative estimate of drug-likeness (QED) is 0.592. The van der Waals surface area contributed by atoms with Gasteiger partial charge in [-0.2, -0.15) is 0 Å². The Balaban J connectivity index is 2.49. The summed E-state index contributed by atoms with van der Waals surface area (Å²) in [6, 6.07) is 0. The summed E-state index contributed by atoms with van der Waals surface area (Å²) in [6.45, 7) is 0.214. The Bertz CT molecular complexity index is 138. The van der Waals surface area contributed by atoms with Gasteiger partial charge in [0.15, 0.2) is 0 Å². The van der Waals surface area contributed by atoms with Gasteiger partial charge in [0, 0.05) is 15.9 Å². The highest BCUT2D eigenvalue weighted by Gasteiger charge is 2.40. The summed E-state index contributed by atoms with van der Waals surface area (Å²) >= 11 is 2.99. The molecule has 1 saturated carbocycles. The Labute approximate surface area is 57.2 Å². The van der Waals surface area contributed by atoms with Gasteiger partial charge in [-0.25, -0.2) is 0 Å². The van der Waals surface area contributed by atoms with Crippen LogP contribution in [0.5, 0.6) is 0 Å². The molecular formula is C6H7BrO. The molecule has 0 aromatic carbocycles. The van der Waals surface area contributed by atoms with Crippen molar-refractivity contribution >= 4 is 15.9 Å². The molecule has 0 aromatic heterocycles. The maximum Gasteiger partial charge on any atom is 0.0597 e. The first kappa shape index (κ1) is 6.12. The van der Waals surface area contributed by atoms with Gasteiger partial charge in [-0.1, -0.05) is 5.92 Å². The lowest BCUT2D eigenvalue weighted by atomic mass is 10.1. The van der Waals surface area contributed by atoms with E-state index < -0.39 is 0 Å². The third-order valence-electron chi connectivity index (χ3n) is 1.47. The Morgan fingerprint density at radius 2 is 2.25 bits per heavy atom. The minimum absolute atomic E-state index is 0.0104. The summed E-state index contributed by atoms with van der Waals surface area (Å²) in [4.78, 5) is 2.62. The van der Waals surface area contributed by atoms with E-state index in [2.05, 4.69) is 26.7 Å². The fourth-order valence-corrected chi connectivity index (χ4v) is 0.994. The molecule has 1 rings (SSSR count). The zero-order chi connectivity index (χ0) is 6.04. The molecule has 8 heavy (non-hydrogen) atoms. The van der Waals surface area contributed by atoms with Crippen molar-refractivity contribution in [3.05, 3.63) is 0 Å². The van der Waals surface area contributed by atoms with E-state index in [9.17, 15) is 0 Å². The lowest BCUT2D eigenvalue weighted by Gasteiger charge is -1.96. The second-order valence-corrected chi connectivity index (χ2v) is 2.55. The van der Waals surface area contributed by atoms with Crippen LogP contribution in [0.1, 0.15) is 12.8 Å². The van der Waals surface area contributed by atoms with Gasteiger partial charge in [-0.05, 0) is 17.7 Å². The van der Waals surface area contributed by atoms with E-state index in [1.54, 1.807) is 0 Å². The molecule has 0 atom stereocenters. The van der Waals surface area contributed by atoms with Gasteiger partial charge >= 0.3 is 0 Å². The maximum absolute atomic E-state index is 8.66. The molecule has 1 aliphatic carbocycles. The number of hydrogen-bond donors (Lipinski definition) is 1. The van der Waals surface area contributed by atoms with Crippen LogP contribution in [0.2, 0.25) is 0 Å². The first-order chi connectivity index (χ1) is 3.83. The van der Waals surface area contributed by atoms with Gasteiger partial charge in [-0.3, -0.25) is 0 Å². The maximum atomic E-state index is 8.66. The minimum Gasteiger partial charge on any atom is -0.395 e. The number of aliphatic hydroxyl groups excluding tert-OH is 1. The molecule has 0 saturated heterocycles. The van der Waals surface area contributed by atoms with E-state index in [-0.39, 0.29) is 12.0 Å². The standard InChI is InChI=1S/C6H7BrO/c7-4-3-6(5-8)1-2-6/h8H,1-2,5H2. The molecule has 0 radical (unpaired) electrons. The number of halogens is 1. The van der Waals surface area contributed by atoms with Crippen LogP contribution in [0.15, 0.2) is 0 Å². The Kier molecular flexibility index (Phi) is 1.59. The van der Waals surface area contributed by atoms with Crippen molar-refractivity contribution in [1.82, 2.24) is 0 Å². The molecule has 0 spiro atoms. The van der Waals surface area contributed by atoms with Crippen molar-refractivity contribution in [2.75, 3.05) is 6.61 Å². The summed E-state index contributed by atoms with van der Waals surface area (Å²) in [5.74, 6) is 2.90. The number of hydrogen-bond acceptors (Lipinski definition) is 1. The summed E-state index contributed by atoms with van der Waals surface area (Å²) < 4.78 is 0. The molecule has 0 unspecified atom stereocenters. The first-order valence-electron chi connectivity index (χ1n) is 2.57. The van der Waals surface area contributed by atoms with Crippen LogP contribution in [0.3, 0.4) is 0 Å². The van der Waals surface area contributed by atoms with Gasteiger partial charge < -0.3 is 5.11 Å². The molecule has 1 fully saturated rings. The SMILES string of the molecule is OCC1(C#CBr)CC1. The van der Waals surface area contributed by atoms with Crippen molar-refractivity contribution in [1.29, 1.82) is 0 Å². The molecule has 0 aliphatic heterocycles. The van der Waals surface area contributed by atoms with E-state index in [1.807, 2.05) is 0 Å². The lowest BCUT2D eigenvalue weighted by Crippen LogP contribution is -2.01. The molecule has 1 aliphatic rings. The highest BCUT2D eigenvalue weighted by molar-refractivity contribution is 9.12. The Morgan fingerprint density at radius 1 is 1.62 bits per heavy atom. The molecule has 0 amide bonds. The minimum atomic E-state index is -0.0104. The number of aliphatic hydroxyl groups is 1. The molecule has 0 heterocycles. The van der Waals surface area contributed by atoms with Crippen LogP contribution >= 0.6 is 15.9 Å². The molecule has 1 nitrogen and oxygen atoms in total. The van der Waals surface area contributed by atoms with E-state index in [4.69, 9.17) is 5.11 Å². The average Bonchev–Trinajstić information content (AvgIpc) is 2.50. The summed E-state index contributed by atoms with van der Waals surface area (Å²) in [5.41, 5.74) is -0.0104. The zero-order valence-electron chi connectivity index (χ0n) is 4.45. The van der Waals surface area contributed by atoms with Gasteiger partial charge in [0.25, 0.3) is 0 Å². The van der Waals surface area contributed by atoms with Gasteiger partial charge in [0.05, 0.1) is 12.0 Å². The Hall–Kier alpha value is 0. The predicted molar refractivity (Wildman–Crippen MR) is 35.5 cm³/mol. The van der Waals surface area contributed by atoms with Gasteiger partial charge in [0.2, 0.25) is 0 Å². The normalized spacial score (nSPS) is 21.2. The van der Waals surface area contributed by atoms with Crippen molar-refractivity contribution in [2.45, 2.75) is 12.8 Å². The topological polar surface area (TPSA) is 20.2 Å². The van der Waals surface area contributed by atoms with Crippen molar-refractivity contribution in [2.24, 2.45) is 5.41 Å². The molecule has 1 N–H and O–H groups in total. The average molecular weight is 175 g/mol. The third kappa shape index (κ3) is 1.04. The van der Waals surface area contributed by atoms with Crippen LogP contribution in [0.4, 0.5) is 0 Å². The highest BCUT2D eigenvalue weighted by Crippen LogP contribution is 2.44. The summed E-state index contributed by atoms with van der Waals surface area (Å²) in [5, 5.41) is 8.66. The summed E-state index contributed by atoms with van der Waals surface area (Å²) in [7, 11) is 0. The predicted octanol–water partition coefficient (Wildman–Crippen LogP) is 1.11. The first-order valence-corrected chi connectivity index (χ1v) is 3.36. The van der Waals surface area contributed by atoms with Crippen molar-refractivity contribution in [3.63, 3.8) is 0 Å². The number of rotatable bonds is 1. The molecule has 2 heteroatoms. The van der Waals surface area contributed by atoms with Gasteiger partial charge in [0.1, 0.15) is 0 Å². The van der Waals surface area contributed by atoms with E-state index in [0.29, 0.717) is 0 Å². The highest BCUT2D eigenvalue weighted by atomic mass is 79.9. The molecule has 0 bridgehead atoms. The zero-order valence-corrected chi connectivity index (χ0v) is 6.03. The van der Waals surface area contributed by atoms with E-state index in [0.717, 1.165) is 12.8 Å². The van der Waals surface area contributed by atoms with Crippen LogP contribution in [-0.4, -0.2) is 11.7 Å². The van der Waals surface area contributed by atoms with E-state index >= 15 is 0 Å². The lowest BCUT2D eigenvalue weighted by molar-refractivity contribution is 0.247. The van der Waals surface area contributed by atoms with Crippen molar-refractivity contribution < 1.29 is 5.11 Å². The fourth-order valence-electron chi connectivity index (χ4n) is 0.574. The second-order valence-electron chi connectivity index (χ2n) is 2.16. The van der Waals surface area contributed by atoms with Gasteiger partial charge in [-0.15, -0.1) is 0 Å². The van der Waals surface area contributed by atoms with Crippen LogP contribution < -0.4 is 0 Å². The molecule has 0 aromatic rings. The second kappa shape index (κ2) is 2.08. The van der Waals surface area contributed by atoms with Crippen LogP contribution in [-0.2, 0) is 0 Å². The largest absolute Gasteiger partial charge is 0.395 e. The molecule has 44 valence electrons. The van der Waals surface area contributed by atoms with Crippen LogP contribution in [0, 0.1) is 16.2 Å². The van der Waals surface area contributed by atoms with Crippen LogP contribution in [0.25, 0.3) is 0 Å². The summed E-state index contributed by atoms with van der Waals surface area (Å²) in [6.07, 6.45) is 2.12. The monoisotopic (exact) mass is 174 g/mol. The smallest absolute Gasteiger partial charge is 0.0597 e. The van der Waals surface area contributed by atoms with Crippen molar-refractivity contribution in [3.8, 4) is 10.8 Å². The third-order valence-corrected chi connectivity index (χ3v) is 1.67. The Morgan fingerprint density at radius 3 is 2.38 bits per heavy atom. The molecular weight excluding hydrogens is 168 g/mol.